The van der Waals surface area contributed by atoms with E-state index in [4.69, 9.17) is 9.47 Å². The van der Waals surface area contributed by atoms with E-state index in [0.29, 0.717) is 0 Å². The first-order chi connectivity index (χ1) is 7.08. The predicted octanol–water partition coefficient (Wildman–Crippen LogP) is 3.00. The number of rotatable bonds is 3. The van der Waals surface area contributed by atoms with Gasteiger partial charge in [-0.05, 0) is 18.1 Å². The van der Waals surface area contributed by atoms with Gasteiger partial charge in [-0.15, -0.1) is 0 Å². The Bertz CT molecular complexity index is 336. The van der Waals surface area contributed by atoms with Crippen LogP contribution in [0.5, 0.6) is 5.75 Å². The van der Waals surface area contributed by atoms with Crippen LogP contribution in [0.4, 0.5) is 9.18 Å². The molecular weight excluding hydrogens is 199 g/mol. The molecule has 0 aliphatic heterocycles. The van der Waals surface area contributed by atoms with Gasteiger partial charge in [-0.25, -0.2) is 9.18 Å². The third kappa shape index (κ3) is 4.44. The van der Waals surface area contributed by atoms with Gasteiger partial charge in [0, 0.05) is 6.07 Å². The second-order valence-electron chi connectivity index (χ2n) is 3.51. The summed E-state index contributed by atoms with van der Waals surface area (Å²) in [6, 6.07) is 5.34. The highest BCUT2D eigenvalue weighted by Crippen LogP contribution is 2.12. The minimum atomic E-state index is -0.811. The summed E-state index contributed by atoms with van der Waals surface area (Å²) in [4.78, 5) is 11.1. The maximum atomic E-state index is 12.7. The summed E-state index contributed by atoms with van der Waals surface area (Å²) >= 11 is 0. The van der Waals surface area contributed by atoms with Crippen LogP contribution >= 0.6 is 0 Å². The van der Waals surface area contributed by atoms with E-state index in [0.717, 1.165) is 6.07 Å². The van der Waals surface area contributed by atoms with Crippen molar-refractivity contribution in [1.29, 1.82) is 0 Å². The number of carbonyl (C=O) groups is 1. The van der Waals surface area contributed by atoms with Gasteiger partial charge in [-0.1, -0.05) is 19.9 Å². The van der Waals surface area contributed by atoms with Crippen molar-refractivity contribution in [2.75, 3.05) is 6.61 Å². The molecule has 0 radical (unpaired) electrons. The van der Waals surface area contributed by atoms with Crippen LogP contribution in [-0.2, 0) is 4.74 Å². The summed E-state index contributed by atoms with van der Waals surface area (Å²) in [6.45, 7) is 4.11. The van der Waals surface area contributed by atoms with Crippen LogP contribution in [0, 0.1) is 11.7 Å². The van der Waals surface area contributed by atoms with Crippen LogP contribution in [0.25, 0.3) is 0 Å². The second-order valence-corrected chi connectivity index (χ2v) is 3.51. The molecule has 0 saturated heterocycles. The predicted molar refractivity (Wildman–Crippen MR) is 53.2 cm³/mol. The average Bonchev–Trinajstić information content (AvgIpc) is 2.15. The Morgan fingerprint density at radius 1 is 1.47 bits per heavy atom. The van der Waals surface area contributed by atoms with E-state index in [1.807, 2.05) is 13.8 Å². The first kappa shape index (κ1) is 11.5. The molecule has 3 nitrogen and oxygen atoms in total. The van der Waals surface area contributed by atoms with Gasteiger partial charge in [-0.2, -0.15) is 0 Å². The summed E-state index contributed by atoms with van der Waals surface area (Å²) in [5.41, 5.74) is 0. The summed E-state index contributed by atoms with van der Waals surface area (Å²) in [6.07, 6.45) is -0.811. The molecule has 1 rings (SSSR count). The molecule has 0 aromatic heterocycles. The fourth-order valence-electron chi connectivity index (χ4n) is 0.891. The topological polar surface area (TPSA) is 35.5 Å². The number of hydrogen-bond donors (Lipinski definition) is 0. The summed E-state index contributed by atoms with van der Waals surface area (Å²) < 4.78 is 22.2. The number of ether oxygens (including phenoxy) is 2. The van der Waals surface area contributed by atoms with E-state index >= 15 is 0 Å². The molecule has 82 valence electrons. The molecule has 0 atom stereocenters. The van der Waals surface area contributed by atoms with Gasteiger partial charge in [0.15, 0.2) is 0 Å². The molecule has 1 aromatic rings. The lowest BCUT2D eigenvalue weighted by Crippen LogP contribution is -2.14. The number of carbonyl (C=O) groups excluding carboxylic acids is 1. The smallest absolute Gasteiger partial charge is 0.434 e. The SMILES string of the molecule is CC(C)COC(=O)Oc1cccc(F)c1. The Morgan fingerprint density at radius 3 is 2.80 bits per heavy atom. The second kappa shape index (κ2) is 5.34. The van der Waals surface area contributed by atoms with Gasteiger partial charge in [0.05, 0.1) is 6.61 Å². The highest BCUT2D eigenvalue weighted by Gasteiger charge is 2.07. The van der Waals surface area contributed by atoms with E-state index in [9.17, 15) is 9.18 Å². The fourth-order valence-corrected chi connectivity index (χ4v) is 0.891. The van der Waals surface area contributed by atoms with E-state index in [1.165, 1.54) is 18.2 Å². The molecule has 4 heteroatoms. The molecule has 15 heavy (non-hydrogen) atoms. The van der Waals surface area contributed by atoms with E-state index in [-0.39, 0.29) is 18.3 Å². The lowest BCUT2D eigenvalue weighted by molar-refractivity contribution is 0.0885. The quantitative estimate of drug-likeness (QED) is 0.570. The zero-order chi connectivity index (χ0) is 11.3. The molecule has 0 heterocycles. The van der Waals surface area contributed by atoms with Crippen LogP contribution in [0.15, 0.2) is 24.3 Å². The molecule has 0 N–H and O–H groups in total. The standard InChI is InChI=1S/C11H13FO3/c1-8(2)7-14-11(13)15-10-5-3-4-9(12)6-10/h3-6,8H,7H2,1-2H3. The lowest BCUT2D eigenvalue weighted by atomic mass is 10.2. The van der Waals surface area contributed by atoms with E-state index < -0.39 is 12.0 Å². The van der Waals surface area contributed by atoms with Crippen molar-refractivity contribution in [3.63, 3.8) is 0 Å². The Labute approximate surface area is 87.8 Å². The molecule has 0 spiro atoms. The van der Waals surface area contributed by atoms with Crippen LogP contribution in [0.2, 0.25) is 0 Å². The van der Waals surface area contributed by atoms with Gasteiger partial charge < -0.3 is 9.47 Å². The molecule has 0 unspecified atom stereocenters. The van der Waals surface area contributed by atoms with E-state index in [2.05, 4.69) is 0 Å². The largest absolute Gasteiger partial charge is 0.513 e. The van der Waals surface area contributed by atoms with Crippen molar-refractivity contribution < 1.29 is 18.7 Å². The van der Waals surface area contributed by atoms with Crippen molar-refractivity contribution in [2.45, 2.75) is 13.8 Å². The minimum Gasteiger partial charge on any atom is -0.434 e. The molecule has 0 amide bonds. The van der Waals surface area contributed by atoms with Crippen LogP contribution in [-0.4, -0.2) is 12.8 Å². The highest BCUT2D eigenvalue weighted by atomic mass is 19.1. The van der Waals surface area contributed by atoms with Crippen molar-refractivity contribution in [3.8, 4) is 5.75 Å². The van der Waals surface area contributed by atoms with Gasteiger partial charge >= 0.3 is 6.16 Å². The van der Waals surface area contributed by atoms with Crippen LogP contribution < -0.4 is 4.74 Å². The molecule has 0 fully saturated rings. The van der Waals surface area contributed by atoms with Crippen molar-refractivity contribution in [2.24, 2.45) is 5.92 Å². The Kier molecular flexibility index (Phi) is 4.09. The van der Waals surface area contributed by atoms with Crippen LogP contribution in [0.3, 0.4) is 0 Å². The van der Waals surface area contributed by atoms with Crippen molar-refractivity contribution >= 4 is 6.16 Å². The average molecular weight is 212 g/mol. The normalized spacial score (nSPS) is 10.1. The van der Waals surface area contributed by atoms with E-state index in [1.54, 1.807) is 0 Å². The maximum Gasteiger partial charge on any atom is 0.513 e. The first-order valence-electron chi connectivity index (χ1n) is 4.68. The first-order valence-corrected chi connectivity index (χ1v) is 4.68. The monoisotopic (exact) mass is 212 g/mol. The lowest BCUT2D eigenvalue weighted by Gasteiger charge is -2.07. The van der Waals surface area contributed by atoms with Crippen LogP contribution in [0.1, 0.15) is 13.8 Å². The Balaban J connectivity index is 2.44. The summed E-state index contributed by atoms with van der Waals surface area (Å²) in [5.74, 6) is -0.0713. The molecule has 0 aliphatic carbocycles. The molecule has 0 saturated carbocycles. The number of hydrogen-bond acceptors (Lipinski definition) is 3. The number of halogens is 1. The highest BCUT2D eigenvalue weighted by molar-refractivity contribution is 5.63. The van der Waals surface area contributed by atoms with Crippen molar-refractivity contribution in [1.82, 2.24) is 0 Å². The Hall–Kier alpha value is -1.58. The molecule has 0 aliphatic rings. The van der Waals surface area contributed by atoms with Crippen molar-refractivity contribution in [3.05, 3.63) is 30.1 Å². The molecule has 1 aromatic carbocycles. The fraction of sp³-hybridized carbons (Fsp3) is 0.364. The Morgan fingerprint density at radius 2 is 2.20 bits per heavy atom. The molecule has 0 bridgehead atoms. The van der Waals surface area contributed by atoms with Gasteiger partial charge in [-0.3, -0.25) is 0 Å². The third-order valence-corrected chi connectivity index (χ3v) is 1.53. The zero-order valence-electron chi connectivity index (χ0n) is 8.70. The third-order valence-electron chi connectivity index (χ3n) is 1.53. The minimum absolute atomic E-state index is 0.142. The zero-order valence-corrected chi connectivity index (χ0v) is 8.70. The summed E-state index contributed by atoms with van der Waals surface area (Å²) in [7, 11) is 0. The summed E-state index contributed by atoms with van der Waals surface area (Å²) in [5, 5.41) is 0. The van der Waals surface area contributed by atoms with Gasteiger partial charge in [0.25, 0.3) is 0 Å². The molecular formula is C11H13FO3. The number of benzene rings is 1. The maximum absolute atomic E-state index is 12.7. The van der Waals surface area contributed by atoms with Gasteiger partial charge in [0.1, 0.15) is 11.6 Å². The van der Waals surface area contributed by atoms with Gasteiger partial charge in [0.2, 0.25) is 0 Å².